The van der Waals surface area contributed by atoms with E-state index in [4.69, 9.17) is 9.47 Å². The molecule has 0 aliphatic rings. The average molecular weight is 671 g/mol. The number of aliphatic carboxylic acids is 2. The van der Waals surface area contributed by atoms with E-state index < -0.39 is 73.3 Å². The van der Waals surface area contributed by atoms with Crippen molar-refractivity contribution in [3.05, 3.63) is 71.8 Å². The highest BCUT2D eigenvalue weighted by Gasteiger charge is 2.30. The predicted molar refractivity (Wildman–Crippen MR) is 175 cm³/mol. The van der Waals surface area contributed by atoms with Gasteiger partial charge in [0.15, 0.2) is 0 Å². The number of benzene rings is 2. The summed E-state index contributed by atoms with van der Waals surface area (Å²) in [5.41, 5.74) is -0.391. The first-order valence-electron chi connectivity index (χ1n) is 15.4. The van der Waals surface area contributed by atoms with E-state index in [0.717, 1.165) is 20.9 Å². The van der Waals surface area contributed by atoms with Crippen molar-refractivity contribution in [2.75, 3.05) is 39.3 Å². The third-order valence-corrected chi connectivity index (χ3v) is 6.39. The summed E-state index contributed by atoms with van der Waals surface area (Å²) in [6.45, 7) is 6.99. The molecule has 0 fully saturated rings. The molecule has 14 nitrogen and oxygen atoms in total. The van der Waals surface area contributed by atoms with Gasteiger partial charge in [-0.15, -0.1) is 0 Å². The highest BCUT2D eigenvalue weighted by atomic mass is 16.6. The zero-order valence-corrected chi connectivity index (χ0v) is 28.4. The second kappa shape index (κ2) is 17.7. The largest absolute Gasteiger partial charge is 0.480 e. The van der Waals surface area contributed by atoms with Gasteiger partial charge in [0.05, 0.1) is 0 Å². The Morgan fingerprint density at radius 1 is 0.521 bits per heavy atom. The van der Waals surface area contributed by atoms with Gasteiger partial charge in [-0.3, -0.25) is 29.0 Å². The van der Waals surface area contributed by atoms with Crippen LogP contribution >= 0.6 is 0 Å². The number of hydrogen-bond acceptors (Lipinski definition) is 8. The topological polar surface area (TPSA) is 174 Å². The van der Waals surface area contributed by atoms with E-state index in [0.29, 0.717) is 0 Å². The monoisotopic (exact) mass is 670 g/mol. The Hall–Kier alpha value is -5.14. The number of carboxylic acids is 2. The zero-order valence-electron chi connectivity index (χ0n) is 28.4. The predicted octanol–water partition coefficient (Wildman–Crippen LogP) is 3.69. The van der Waals surface area contributed by atoms with Gasteiger partial charge in [-0.2, -0.15) is 0 Å². The minimum atomic E-state index is -1.33. The molecule has 14 heteroatoms. The highest BCUT2D eigenvalue weighted by Crippen LogP contribution is 2.14. The maximum absolute atomic E-state index is 13.7. The normalized spacial score (nSPS) is 11.2. The molecule has 0 aliphatic carbocycles. The molecule has 4 amide bonds. The summed E-state index contributed by atoms with van der Waals surface area (Å²) in [6.07, 6.45) is -1.95. The number of nitrogens with zero attached hydrogens (tertiary/aromatic N) is 4. The van der Waals surface area contributed by atoms with E-state index >= 15 is 0 Å². The van der Waals surface area contributed by atoms with Gasteiger partial charge in [0.1, 0.15) is 37.4 Å². The maximum atomic E-state index is 13.7. The Balaban J connectivity index is 2.38. The Morgan fingerprint density at radius 3 is 1.10 bits per heavy atom. The van der Waals surface area contributed by atoms with E-state index in [2.05, 4.69) is 0 Å². The standard InChI is InChI=1S/C34H46N4O10/c1-33(2,3)47-31(45)37(23-29(41)42)21-27(39)35(19-25-13-9-7-10-14-25)17-18-36(20-26-15-11-8-12-16-26)28(40)22-38(24-30(43)44)32(46)48-34(4,5)6/h7-16H,17-24H2,1-6H3,(H,41,42)(H,43,44). The van der Waals surface area contributed by atoms with Gasteiger partial charge < -0.3 is 29.5 Å². The molecular formula is C34H46N4O10. The lowest BCUT2D eigenvalue weighted by molar-refractivity contribution is -0.142. The van der Waals surface area contributed by atoms with Crippen LogP contribution in [0.2, 0.25) is 0 Å². The molecule has 262 valence electrons. The van der Waals surface area contributed by atoms with Crippen molar-refractivity contribution in [1.29, 1.82) is 0 Å². The van der Waals surface area contributed by atoms with Gasteiger partial charge in [0, 0.05) is 26.2 Å². The summed E-state index contributed by atoms with van der Waals surface area (Å²) in [5, 5.41) is 18.9. The summed E-state index contributed by atoms with van der Waals surface area (Å²) in [5.74, 6) is -3.86. The highest BCUT2D eigenvalue weighted by molar-refractivity contribution is 5.86. The molecule has 2 aromatic rings. The molecule has 0 aromatic heterocycles. The van der Waals surface area contributed by atoms with Crippen molar-refractivity contribution in [3.63, 3.8) is 0 Å². The molecule has 2 rings (SSSR count). The molecule has 48 heavy (non-hydrogen) atoms. The molecular weight excluding hydrogens is 624 g/mol. The van der Waals surface area contributed by atoms with E-state index in [1.807, 2.05) is 0 Å². The lowest BCUT2D eigenvalue weighted by Crippen LogP contribution is -2.49. The van der Waals surface area contributed by atoms with Crippen LogP contribution < -0.4 is 0 Å². The molecule has 0 bridgehead atoms. The van der Waals surface area contributed by atoms with Gasteiger partial charge in [-0.05, 0) is 52.7 Å². The number of hydrogen-bond donors (Lipinski definition) is 2. The van der Waals surface area contributed by atoms with Gasteiger partial charge in [-0.25, -0.2) is 9.59 Å². The molecule has 0 atom stereocenters. The van der Waals surface area contributed by atoms with Crippen molar-refractivity contribution < 1.29 is 48.5 Å². The minimum absolute atomic E-state index is 0.0487. The van der Waals surface area contributed by atoms with Crippen LogP contribution in [0.15, 0.2) is 60.7 Å². The van der Waals surface area contributed by atoms with Gasteiger partial charge in [0.25, 0.3) is 0 Å². The van der Waals surface area contributed by atoms with E-state index in [9.17, 15) is 39.0 Å². The first-order valence-corrected chi connectivity index (χ1v) is 15.4. The Bertz CT molecular complexity index is 1300. The summed E-state index contributed by atoms with van der Waals surface area (Å²) in [4.78, 5) is 80.6. The number of carboxylic acid groups (broad SMARTS) is 2. The van der Waals surface area contributed by atoms with Crippen LogP contribution in [0.4, 0.5) is 9.59 Å². The van der Waals surface area contributed by atoms with Crippen LogP contribution in [0.25, 0.3) is 0 Å². The van der Waals surface area contributed by atoms with Crippen LogP contribution in [-0.4, -0.2) is 116 Å². The van der Waals surface area contributed by atoms with Gasteiger partial charge in [0.2, 0.25) is 11.8 Å². The molecule has 0 radical (unpaired) electrons. The SMILES string of the molecule is CC(C)(C)OC(=O)N(CC(=O)O)CC(=O)N(CCN(Cc1ccccc1)C(=O)CN(CC(=O)O)C(=O)OC(C)(C)C)Cc1ccccc1. The van der Waals surface area contributed by atoms with Crippen molar-refractivity contribution >= 4 is 35.9 Å². The summed E-state index contributed by atoms with van der Waals surface area (Å²) in [7, 11) is 0. The summed E-state index contributed by atoms with van der Waals surface area (Å²) < 4.78 is 10.7. The number of ether oxygens (including phenoxy) is 2. The molecule has 2 N–H and O–H groups in total. The number of carbonyl (C=O) groups excluding carboxylic acids is 4. The Kier molecular flexibility index (Phi) is 14.4. The van der Waals surface area contributed by atoms with E-state index in [1.165, 1.54) is 9.80 Å². The fourth-order valence-corrected chi connectivity index (χ4v) is 4.31. The molecule has 2 aromatic carbocycles. The van der Waals surface area contributed by atoms with Gasteiger partial charge in [-0.1, -0.05) is 60.7 Å². The second-order valence-electron chi connectivity index (χ2n) is 13.1. The molecule has 0 aliphatic heterocycles. The van der Waals surface area contributed by atoms with Gasteiger partial charge >= 0.3 is 24.1 Å². The fraction of sp³-hybridized carbons (Fsp3) is 0.471. The van der Waals surface area contributed by atoms with Crippen LogP contribution in [0.3, 0.4) is 0 Å². The Labute approximate surface area is 280 Å². The molecule has 0 saturated heterocycles. The third kappa shape index (κ3) is 15.0. The van der Waals surface area contributed by atoms with Crippen LogP contribution in [0, 0.1) is 0 Å². The second-order valence-corrected chi connectivity index (χ2v) is 13.1. The Morgan fingerprint density at radius 2 is 0.833 bits per heavy atom. The van der Waals surface area contributed by atoms with Crippen molar-refractivity contribution in [3.8, 4) is 0 Å². The van der Waals surface area contributed by atoms with Crippen LogP contribution in [-0.2, 0) is 41.7 Å². The van der Waals surface area contributed by atoms with Crippen molar-refractivity contribution in [2.45, 2.75) is 65.8 Å². The van der Waals surface area contributed by atoms with E-state index in [1.54, 1.807) is 102 Å². The lowest BCUT2D eigenvalue weighted by Gasteiger charge is -2.32. The van der Waals surface area contributed by atoms with E-state index in [-0.39, 0.29) is 26.2 Å². The number of rotatable bonds is 15. The van der Waals surface area contributed by atoms with Crippen LogP contribution in [0.5, 0.6) is 0 Å². The number of carbonyl (C=O) groups is 6. The zero-order chi connectivity index (χ0) is 36.1. The summed E-state index contributed by atoms with van der Waals surface area (Å²) >= 11 is 0. The quantitative estimate of drug-likeness (QED) is 0.284. The summed E-state index contributed by atoms with van der Waals surface area (Å²) in [6, 6.07) is 17.9. The maximum Gasteiger partial charge on any atom is 0.411 e. The first-order chi connectivity index (χ1) is 22.3. The number of amides is 4. The molecule has 0 saturated carbocycles. The molecule has 0 heterocycles. The lowest BCUT2D eigenvalue weighted by atomic mass is 10.2. The molecule has 0 unspecified atom stereocenters. The fourth-order valence-electron chi connectivity index (χ4n) is 4.31. The smallest absolute Gasteiger partial charge is 0.411 e. The average Bonchev–Trinajstić information content (AvgIpc) is 2.96. The minimum Gasteiger partial charge on any atom is -0.480 e. The van der Waals surface area contributed by atoms with Crippen LogP contribution in [0.1, 0.15) is 52.7 Å². The molecule has 0 spiro atoms. The third-order valence-electron chi connectivity index (χ3n) is 6.39. The van der Waals surface area contributed by atoms with Crippen molar-refractivity contribution in [1.82, 2.24) is 19.6 Å². The van der Waals surface area contributed by atoms with Crippen molar-refractivity contribution in [2.24, 2.45) is 0 Å². The first kappa shape index (κ1) is 39.0.